The van der Waals surface area contributed by atoms with E-state index in [1.165, 1.54) is 6.33 Å². The second kappa shape index (κ2) is 6.05. The van der Waals surface area contributed by atoms with Crippen LogP contribution in [-0.2, 0) is 21.8 Å². The highest BCUT2D eigenvalue weighted by Gasteiger charge is 2.55. The summed E-state index contributed by atoms with van der Waals surface area (Å²) in [6.45, 7) is 4.59. The van der Waals surface area contributed by atoms with Gasteiger partial charge in [0.25, 0.3) is 10.0 Å². The smallest absolute Gasteiger partial charge is 0.262 e. The molecule has 150 valence electrons. The molecule has 0 unspecified atom stereocenters. The van der Waals surface area contributed by atoms with E-state index in [2.05, 4.69) is 24.9 Å². The lowest BCUT2D eigenvalue weighted by Gasteiger charge is -2.50. The Morgan fingerprint density at radius 2 is 2.04 bits per heavy atom. The molecule has 7 nitrogen and oxygen atoms in total. The van der Waals surface area contributed by atoms with Gasteiger partial charge >= 0.3 is 0 Å². The molecular weight excluding hydrogens is 378 g/mol. The minimum absolute atomic E-state index is 0.0706. The van der Waals surface area contributed by atoms with E-state index >= 15 is 0 Å². The van der Waals surface area contributed by atoms with Gasteiger partial charge in [-0.3, -0.25) is 0 Å². The molecule has 28 heavy (non-hydrogen) atoms. The molecule has 2 aromatic rings. The molecule has 0 saturated carbocycles. The second-order valence-corrected chi connectivity index (χ2v) is 10.4. The van der Waals surface area contributed by atoms with Crippen LogP contribution in [0.25, 0.3) is 0 Å². The van der Waals surface area contributed by atoms with Crippen molar-refractivity contribution in [2.24, 2.45) is 13.0 Å². The van der Waals surface area contributed by atoms with Gasteiger partial charge in [0.1, 0.15) is 11.4 Å². The molecule has 2 saturated heterocycles. The third kappa shape index (κ3) is 2.62. The molecule has 4 heterocycles. The van der Waals surface area contributed by atoms with Crippen molar-refractivity contribution in [3.8, 4) is 5.75 Å². The lowest BCUT2D eigenvalue weighted by atomic mass is 9.74. The fourth-order valence-corrected chi connectivity index (χ4v) is 6.58. The maximum atomic E-state index is 13.2. The van der Waals surface area contributed by atoms with Crippen molar-refractivity contribution in [2.45, 2.75) is 55.6 Å². The summed E-state index contributed by atoms with van der Waals surface area (Å²) >= 11 is 0. The number of aromatic nitrogens is 2. The summed E-state index contributed by atoms with van der Waals surface area (Å²) in [6.07, 6.45) is 4.30. The normalized spacial score (nSPS) is 31.5. The number of hydrogen-bond donors (Lipinski definition) is 0. The predicted octanol–water partition coefficient (Wildman–Crippen LogP) is 2.50. The zero-order valence-corrected chi connectivity index (χ0v) is 17.1. The van der Waals surface area contributed by atoms with E-state index in [9.17, 15) is 8.42 Å². The van der Waals surface area contributed by atoms with E-state index in [0.717, 1.165) is 11.3 Å². The number of benzene rings is 1. The molecule has 5 rings (SSSR count). The van der Waals surface area contributed by atoms with Gasteiger partial charge in [0.2, 0.25) is 0 Å². The second-order valence-electron chi connectivity index (χ2n) is 8.53. The van der Waals surface area contributed by atoms with E-state index in [-0.39, 0.29) is 29.2 Å². The van der Waals surface area contributed by atoms with Gasteiger partial charge in [-0.2, -0.15) is 4.31 Å². The molecule has 0 amide bonds. The maximum absolute atomic E-state index is 13.2. The van der Waals surface area contributed by atoms with E-state index in [4.69, 9.17) is 9.47 Å². The third-order valence-electron chi connectivity index (χ3n) is 6.36. The Labute approximate surface area is 165 Å². The Balaban J connectivity index is 1.49. The van der Waals surface area contributed by atoms with Crippen molar-refractivity contribution in [2.75, 3.05) is 6.54 Å². The summed E-state index contributed by atoms with van der Waals surface area (Å²) in [4.78, 5) is 4.08. The highest BCUT2D eigenvalue weighted by atomic mass is 32.2. The number of sulfonamides is 1. The van der Waals surface area contributed by atoms with Crippen LogP contribution >= 0.6 is 0 Å². The molecule has 0 spiro atoms. The Kier molecular flexibility index (Phi) is 3.92. The van der Waals surface area contributed by atoms with Gasteiger partial charge < -0.3 is 14.0 Å². The number of imidazole rings is 1. The number of hydrogen-bond acceptors (Lipinski definition) is 5. The van der Waals surface area contributed by atoms with Crippen LogP contribution < -0.4 is 4.74 Å². The first-order valence-corrected chi connectivity index (χ1v) is 11.1. The molecule has 1 aromatic heterocycles. The van der Waals surface area contributed by atoms with Crippen LogP contribution in [0.3, 0.4) is 0 Å². The average Bonchev–Trinajstić information content (AvgIpc) is 3.27. The summed E-state index contributed by atoms with van der Waals surface area (Å²) in [6, 6.07) is 7.81. The largest absolute Gasteiger partial charge is 0.487 e. The minimum atomic E-state index is -3.64. The number of para-hydroxylation sites is 1. The van der Waals surface area contributed by atoms with Gasteiger partial charge in [-0.15, -0.1) is 0 Å². The predicted molar refractivity (Wildman–Crippen MR) is 102 cm³/mol. The fraction of sp³-hybridized carbons (Fsp3) is 0.550. The molecule has 3 aliphatic rings. The maximum Gasteiger partial charge on any atom is 0.262 e. The van der Waals surface area contributed by atoms with Crippen molar-refractivity contribution in [3.05, 3.63) is 42.4 Å². The van der Waals surface area contributed by atoms with Crippen LogP contribution in [0.5, 0.6) is 5.75 Å². The SMILES string of the molecule is Cn1cnc(S(=O)(=O)N2CC[C@H]3O[C@H]4c5ccccc5OC(C)(C)[C@@H]4C[C@H]32)c1. The lowest BCUT2D eigenvalue weighted by Crippen LogP contribution is -2.54. The topological polar surface area (TPSA) is 73.7 Å². The lowest BCUT2D eigenvalue weighted by molar-refractivity contribution is -0.157. The van der Waals surface area contributed by atoms with Crippen LogP contribution in [-0.4, -0.2) is 46.6 Å². The quantitative estimate of drug-likeness (QED) is 0.770. The molecule has 1 aromatic carbocycles. The number of ether oxygens (including phenoxy) is 2. The molecule has 2 fully saturated rings. The Morgan fingerprint density at radius 1 is 1.25 bits per heavy atom. The standard InChI is InChI=1S/C20H25N3O4S/c1-20(2)14-10-15-17(26-19(14)13-6-4-5-7-16(13)27-20)8-9-23(15)28(24,25)18-11-22(3)12-21-18/h4-7,11-12,14-15,17,19H,8-10H2,1-3H3/t14-,15-,17-,19+/m1/s1. The van der Waals surface area contributed by atoms with Crippen molar-refractivity contribution < 1.29 is 17.9 Å². The molecule has 0 radical (unpaired) electrons. The zero-order valence-electron chi connectivity index (χ0n) is 16.3. The first-order chi connectivity index (χ1) is 13.3. The van der Waals surface area contributed by atoms with Crippen LogP contribution in [0.15, 0.2) is 41.8 Å². The van der Waals surface area contributed by atoms with Crippen molar-refractivity contribution in [3.63, 3.8) is 0 Å². The number of aryl methyl sites for hydroxylation is 1. The van der Waals surface area contributed by atoms with Gasteiger partial charge in [0.05, 0.1) is 24.6 Å². The Morgan fingerprint density at radius 3 is 2.79 bits per heavy atom. The van der Waals surface area contributed by atoms with E-state index in [1.807, 2.05) is 18.2 Å². The molecule has 0 N–H and O–H groups in total. The van der Waals surface area contributed by atoms with Crippen molar-refractivity contribution in [1.82, 2.24) is 13.9 Å². The van der Waals surface area contributed by atoms with Crippen molar-refractivity contribution in [1.29, 1.82) is 0 Å². The monoisotopic (exact) mass is 403 g/mol. The van der Waals surface area contributed by atoms with Crippen LogP contribution in [0, 0.1) is 5.92 Å². The molecule has 3 aliphatic heterocycles. The van der Waals surface area contributed by atoms with Crippen LogP contribution in [0.4, 0.5) is 0 Å². The van der Waals surface area contributed by atoms with Gasteiger partial charge in [-0.25, -0.2) is 13.4 Å². The van der Waals surface area contributed by atoms with Crippen LogP contribution in [0.2, 0.25) is 0 Å². The van der Waals surface area contributed by atoms with Gasteiger partial charge in [0, 0.05) is 31.3 Å². The van der Waals surface area contributed by atoms with Gasteiger partial charge in [0.15, 0.2) is 5.03 Å². The molecular formula is C20H25N3O4S. The fourth-order valence-electron chi connectivity index (χ4n) is 4.94. The van der Waals surface area contributed by atoms with E-state index in [0.29, 0.717) is 19.4 Å². The Bertz CT molecular complexity index is 1020. The summed E-state index contributed by atoms with van der Waals surface area (Å²) in [5.74, 6) is 0.936. The van der Waals surface area contributed by atoms with E-state index in [1.54, 1.807) is 22.1 Å². The summed E-state index contributed by atoms with van der Waals surface area (Å²) in [5.41, 5.74) is 0.629. The highest BCUT2D eigenvalue weighted by molar-refractivity contribution is 7.89. The third-order valence-corrected chi connectivity index (χ3v) is 8.17. The molecule has 4 atom stereocenters. The summed E-state index contributed by atoms with van der Waals surface area (Å²) < 4.78 is 42.4. The van der Waals surface area contributed by atoms with Crippen molar-refractivity contribution >= 4 is 10.0 Å². The van der Waals surface area contributed by atoms with Crippen LogP contribution in [0.1, 0.15) is 38.4 Å². The van der Waals surface area contributed by atoms with Gasteiger partial charge in [-0.05, 0) is 32.8 Å². The summed E-state index contributed by atoms with van der Waals surface area (Å²) in [5, 5.41) is 0.0993. The van der Waals surface area contributed by atoms with Gasteiger partial charge in [-0.1, -0.05) is 18.2 Å². The number of rotatable bonds is 2. The van der Waals surface area contributed by atoms with E-state index < -0.39 is 15.6 Å². The first-order valence-electron chi connectivity index (χ1n) is 9.70. The zero-order chi connectivity index (χ0) is 19.7. The molecule has 0 bridgehead atoms. The molecule has 0 aliphatic carbocycles. The minimum Gasteiger partial charge on any atom is -0.487 e. The Hall–Kier alpha value is -1.90. The number of fused-ring (bicyclic) bond motifs is 4. The summed E-state index contributed by atoms with van der Waals surface area (Å²) in [7, 11) is -1.87. The highest BCUT2D eigenvalue weighted by Crippen LogP contribution is 2.53. The first kappa shape index (κ1) is 18.1. The molecule has 8 heteroatoms. The number of nitrogens with zero attached hydrogens (tertiary/aromatic N) is 3. The average molecular weight is 404 g/mol.